The lowest BCUT2D eigenvalue weighted by Gasteiger charge is -2.40. The molecule has 1 amide bonds. The summed E-state index contributed by atoms with van der Waals surface area (Å²) in [5.74, 6) is -0.100. The number of nitrogens with zero attached hydrogens (tertiary/aromatic N) is 4. The fourth-order valence-electron chi connectivity index (χ4n) is 6.77. The number of hydrogen-bond acceptors (Lipinski definition) is 9. The number of cyclic esters (lactones) is 1. The number of allylic oxidation sites excluding steroid dienone is 3. The number of carbonyl (C=O) groups is 2. The molecule has 6 atom stereocenters. The zero-order valence-electron chi connectivity index (χ0n) is 29.0. The number of amides is 1. The molecule has 0 bridgehead atoms. The average molecular weight is 653 g/mol. The van der Waals surface area contributed by atoms with E-state index in [4.69, 9.17) is 9.47 Å². The number of aryl methyl sites for hydroxylation is 1. The quantitative estimate of drug-likeness (QED) is 0.174. The van der Waals surface area contributed by atoms with Gasteiger partial charge < -0.3 is 24.6 Å². The molecular weight excluding hydrogens is 596 g/mol. The van der Waals surface area contributed by atoms with Crippen LogP contribution in [0.2, 0.25) is 0 Å². The van der Waals surface area contributed by atoms with Crippen molar-refractivity contribution in [2.45, 2.75) is 128 Å². The summed E-state index contributed by atoms with van der Waals surface area (Å²) in [5.41, 5.74) is 0.262. The first kappa shape index (κ1) is 36.8. The number of hydrogen-bond donors (Lipinski definition) is 2. The number of aromatic nitrogens is 2. The second-order valence-corrected chi connectivity index (χ2v) is 14.0. The molecule has 47 heavy (non-hydrogen) atoms. The van der Waals surface area contributed by atoms with Crippen LogP contribution in [-0.4, -0.2) is 98.2 Å². The molecule has 260 valence electrons. The molecule has 0 radical (unpaired) electrons. The normalized spacial score (nSPS) is 30.9. The van der Waals surface area contributed by atoms with Crippen LogP contribution in [0.4, 0.5) is 4.79 Å². The molecule has 4 rings (SSSR count). The first-order valence-electron chi connectivity index (χ1n) is 17.6. The molecule has 1 aliphatic carbocycles. The summed E-state index contributed by atoms with van der Waals surface area (Å²) in [6.45, 7) is 12.2. The average Bonchev–Trinajstić information content (AvgIpc) is 3.34. The summed E-state index contributed by atoms with van der Waals surface area (Å²) >= 11 is 0. The van der Waals surface area contributed by atoms with Gasteiger partial charge in [0.25, 0.3) is 0 Å². The minimum absolute atomic E-state index is 0.0114. The van der Waals surface area contributed by atoms with Crippen molar-refractivity contribution in [1.29, 1.82) is 0 Å². The van der Waals surface area contributed by atoms with Crippen molar-refractivity contribution in [2.75, 3.05) is 26.2 Å². The fraction of sp³-hybridized carbons (Fsp3) is 0.676. The van der Waals surface area contributed by atoms with E-state index in [1.165, 1.54) is 38.5 Å². The maximum Gasteiger partial charge on any atom is 0.410 e. The number of aliphatic hydroxyl groups excluding tert-OH is 1. The summed E-state index contributed by atoms with van der Waals surface area (Å²) in [5, 5.41) is 22.2. The van der Waals surface area contributed by atoms with Crippen LogP contribution in [0.15, 0.2) is 48.2 Å². The van der Waals surface area contributed by atoms with Gasteiger partial charge in [0.2, 0.25) is 0 Å². The summed E-state index contributed by atoms with van der Waals surface area (Å²) < 4.78 is 11.9. The second kappa shape index (κ2) is 17.4. The van der Waals surface area contributed by atoms with Crippen molar-refractivity contribution in [1.82, 2.24) is 19.8 Å². The molecule has 3 aliphatic rings. The molecule has 2 N–H and O–H groups in total. The summed E-state index contributed by atoms with van der Waals surface area (Å²) in [7, 11) is 0. The third-order valence-corrected chi connectivity index (χ3v) is 9.89. The van der Waals surface area contributed by atoms with Gasteiger partial charge in [0.05, 0.1) is 12.5 Å². The van der Waals surface area contributed by atoms with E-state index in [1.54, 1.807) is 24.1 Å². The number of rotatable bonds is 6. The monoisotopic (exact) mass is 652 g/mol. The van der Waals surface area contributed by atoms with Crippen molar-refractivity contribution >= 4 is 12.1 Å². The Labute approximate surface area is 280 Å². The Balaban J connectivity index is 1.46. The fourth-order valence-corrected chi connectivity index (χ4v) is 6.77. The highest BCUT2D eigenvalue weighted by molar-refractivity contribution is 5.70. The van der Waals surface area contributed by atoms with Crippen LogP contribution in [0.5, 0.6) is 0 Å². The van der Waals surface area contributed by atoms with Gasteiger partial charge in [-0.1, -0.05) is 63.8 Å². The zero-order valence-corrected chi connectivity index (χ0v) is 29.0. The third kappa shape index (κ3) is 11.0. The highest BCUT2D eigenvalue weighted by Gasteiger charge is 2.37. The molecule has 0 spiro atoms. The van der Waals surface area contributed by atoms with E-state index >= 15 is 0 Å². The van der Waals surface area contributed by atoms with Crippen molar-refractivity contribution in [3.05, 3.63) is 59.7 Å². The molecular formula is C37H56N4O6. The van der Waals surface area contributed by atoms with Gasteiger partial charge in [-0.15, -0.1) is 0 Å². The molecule has 10 nitrogen and oxygen atoms in total. The molecule has 10 heteroatoms. The van der Waals surface area contributed by atoms with Gasteiger partial charge in [-0.2, -0.15) is 0 Å². The third-order valence-electron chi connectivity index (χ3n) is 9.89. The number of esters is 1. The van der Waals surface area contributed by atoms with Crippen LogP contribution >= 0.6 is 0 Å². The highest BCUT2D eigenvalue weighted by atomic mass is 16.6. The van der Waals surface area contributed by atoms with E-state index in [0.717, 1.165) is 30.2 Å². The number of carbonyl (C=O) groups excluding carboxylic acids is 2. The van der Waals surface area contributed by atoms with Crippen LogP contribution in [0.25, 0.3) is 0 Å². The maximum absolute atomic E-state index is 13.4. The molecule has 1 saturated heterocycles. The Morgan fingerprint density at radius 3 is 2.51 bits per heavy atom. The Morgan fingerprint density at radius 2 is 1.83 bits per heavy atom. The topological polar surface area (TPSA) is 125 Å². The van der Waals surface area contributed by atoms with Gasteiger partial charge >= 0.3 is 12.1 Å². The second-order valence-electron chi connectivity index (χ2n) is 14.0. The van der Waals surface area contributed by atoms with Crippen molar-refractivity contribution in [2.24, 2.45) is 5.92 Å². The SMILES string of the molecule is C/C(=C\C=C\C(C)c1nccc(C)n1)[C@H]1OC(=O)C[C@@H](O)CC[C@](C)(O)[C@@H](OC(=O)N2CCN(C3CCCCCC3)CC2)/C=C\[C@@H]1C. The number of aliphatic hydroxyl groups is 2. The van der Waals surface area contributed by atoms with E-state index in [1.807, 2.05) is 58.1 Å². The Kier molecular flexibility index (Phi) is 13.6. The molecule has 1 aromatic heterocycles. The maximum atomic E-state index is 13.4. The summed E-state index contributed by atoms with van der Waals surface area (Å²) in [6, 6.07) is 2.46. The highest BCUT2D eigenvalue weighted by Crippen LogP contribution is 2.28. The lowest BCUT2D eigenvalue weighted by atomic mass is 9.88. The zero-order chi connectivity index (χ0) is 34.0. The van der Waals surface area contributed by atoms with E-state index in [9.17, 15) is 19.8 Å². The molecule has 1 aromatic rings. The Hall–Kier alpha value is -3.08. The van der Waals surface area contributed by atoms with E-state index in [0.29, 0.717) is 19.1 Å². The van der Waals surface area contributed by atoms with Crippen LogP contribution in [0.1, 0.15) is 103 Å². The molecule has 0 aromatic carbocycles. The predicted octanol–water partition coefficient (Wildman–Crippen LogP) is 5.64. The molecule has 1 saturated carbocycles. The van der Waals surface area contributed by atoms with E-state index in [-0.39, 0.29) is 31.1 Å². The Morgan fingerprint density at radius 1 is 1.13 bits per heavy atom. The molecule has 2 fully saturated rings. The Bertz CT molecular complexity index is 1260. The largest absolute Gasteiger partial charge is 0.457 e. The summed E-state index contributed by atoms with van der Waals surface area (Å²) in [6.07, 6.45) is 15.8. The first-order valence-corrected chi connectivity index (χ1v) is 17.6. The molecule has 3 heterocycles. The smallest absolute Gasteiger partial charge is 0.410 e. The van der Waals surface area contributed by atoms with Gasteiger partial charge in [0.15, 0.2) is 6.10 Å². The van der Waals surface area contributed by atoms with Crippen LogP contribution in [0, 0.1) is 12.8 Å². The lowest BCUT2D eigenvalue weighted by Crippen LogP contribution is -2.53. The lowest BCUT2D eigenvalue weighted by molar-refractivity contribution is -0.151. The van der Waals surface area contributed by atoms with Gasteiger partial charge in [-0.3, -0.25) is 9.69 Å². The number of piperazine rings is 1. The van der Waals surface area contributed by atoms with Crippen LogP contribution in [-0.2, 0) is 14.3 Å². The summed E-state index contributed by atoms with van der Waals surface area (Å²) in [4.78, 5) is 39.4. The molecule has 1 unspecified atom stereocenters. The number of ether oxygens (including phenoxy) is 2. The van der Waals surface area contributed by atoms with Crippen LogP contribution < -0.4 is 0 Å². The molecule has 2 aliphatic heterocycles. The van der Waals surface area contributed by atoms with Crippen molar-refractivity contribution in [3.63, 3.8) is 0 Å². The van der Waals surface area contributed by atoms with Crippen molar-refractivity contribution < 1.29 is 29.3 Å². The minimum atomic E-state index is -1.45. The predicted molar refractivity (Wildman–Crippen MR) is 182 cm³/mol. The first-order chi connectivity index (χ1) is 22.4. The van der Waals surface area contributed by atoms with Crippen LogP contribution in [0.3, 0.4) is 0 Å². The minimum Gasteiger partial charge on any atom is -0.457 e. The van der Waals surface area contributed by atoms with Gasteiger partial charge in [-0.05, 0) is 64.2 Å². The van der Waals surface area contributed by atoms with Gasteiger partial charge in [0.1, 0.15) is 17.5 Å². The standard InChI is InChI=1S/C37H56N4O6/c1-26(11-10-12-28(3)35-38-20-18-29(4)39-35)34-27(2)15-16-32(37(5,45)19-17-31(42)25-33(43)47-34)46-36(44)41-23-21-40(22-24-41)30-13-8-6-7-9-14-30/h10-12,15-16,18,20,27-28,30-32,34,42,45H,6-9,13-14,17,19,21-25H2,1-5H3/b12-10+,16-15-,26-11+/t27-,28?,31-,32-,34+,37-/m0/s1. The van der Waals surface area contributed by atoms with E-state index in [2.05, 4.69) is 14.9 Å². The van der Waals surface area contributed by atoms with Crippen molar-refractivity contribution in [3.8, 4) is 0 Å². The van der Waals surface area contributed by atoms with Gasteiger partial charge in [0, 0.05) is 55.9 Å². The van der Waals surface area contributed by atoms with Gasteiger partial charge in [-0.25, -0.2) is 14.8 Å². The van der Waals surface area contributed by atoms with E-state index < -0.39 is 36.0 Å².